The average Bonchev–Trinajstić information content (AvgIpc) is 2.47. The fourth-order valence-corrected chi connectivity index (χ4v) is 2.29. The van der Waals surface area contributed by atoms with E-state index in [1.54, 1.807) is 0 Å². The highest BCUT2D eigenvalue weighted by molar-refractivity contribution is 4.78. The fourth-order valence-electron chi connectivity index (χ4n) is 2.29. The molecule has 0 aromatic heterocycles. The van der Waals surface area contributed by atoms with Crippen molar-refractivity contribution < 1.29 is 5.11 Å². The predicted octanol–water partition coefficient (Wildman–Crippen LogP) is 1.35. The summed E-state index contributed by atoms with van der Waals surface area (Å²) in [5.41, 5.74) is 0. The molecule has 1 saturated heterocycles. The molecular formula is C10H21NO. The molecule has 72 valence electrons. The van der Waals surface area contributed by atoms with Gasteiger partial charge in [-0.3, -0.25) is 0 Å². The average molecular weight is 171 g/mol. The molecule has 0 radical (unpaired) electrons. The number of aliphatic hydroxyl groups is 1. The summed E-state index contributed by atoms with van der Waals surface area (Å²) in [4.78, 5) is 2.39. The van der Waals surface area contributed by atoms with Crippen molar-refractivity contribution in [1.82, 2.24) is 4.90 Å². The molecule has 2 heteroatoms. The maximum atomic E-state index is 8.88. The standard InChI is InChI=1S/C10H21NO/c1-3-9(5-7-12)10-4-6-11(2)8-10/h9-10,12H,3-8H2,1-2H3. The first-order valence-corrected chi connectivity index (χ1v) is 5.07. The van der Waals surface area contributed by atoms with Crippen LogP contribution in [-0.2, 0) is 0 Å². The van der Waals surface area contributed by atoms with Crippen LogP contribution in [0.15, 0.2) is 0 Å². The van der Waals surface area contributed by atoms with Crippen molar-refractivity contribution in [2.75, 3.05) is 26.7 Å². The molecule has 0 amide bonds. The van der Waals surface area contributed by atoms with Gasteiger partial charge in [0.2, 0.25) is 0 Å². The molecule has 2 unspecified atom stereocenters. The highest BCUT2D eigenvalue weighted by atomic mass is 16.3. The second-order valence-corrected chi connectivity index (χ2v) is 3.99. The molecule has 12 heavy (non-hydrogen) atoms. The van der Waals surface area contributed by atoms with Crippen molar-refractivity contribution in [3.63, 3.8) is 0 Å². The summed E-state index contributed by atoms with van der Waals surface area (Å²) in [6.45, 7) is 5.07. The van der Waals surface area contributed by atoms with Crippen LogP contribution in [0.5, 0.6) is 0 Å². The van der Waals surface area contributed by atoms with E-state index in [4.69, 9.17) is 5.11 Å². The Kier molecular flexibility index (Phi) is 4.02. The van der Waals surface area contributed by atoms with Gasteiger partial charge in [0.15, 0.2) is 0 Å². The van der Waals surface area contributed by atoms with E-state index in [0.29, 0.717) is 6.61 Å². The molecule has 0 saturated carbocycles. The van der Waals surface area contributed by atoms with E-state index in [2.05, 4.69) is 18.9 Å². The lowest BCUT2D eigenvalue weighted by Crippen LogP contribution is -2.20. The van der Waals surface area contributed by atoms with E-state index in [1.807, 2.05) is 0 Å². The van der Waals surface area contributed by atoms with E-state index in [9.17, 15) is 0 Å². The molecule has 0 spiro atoms. The Morgan fingerprint density at radius 1 is 1.58 bits per heavy atom. The van der Waals surface area contributed by atoms with Gasteiger partial charge >= 0.3 is 0 Å². The van der Waals surface area contributed by atoms with Gasteiger partial charge < -0.3 is 10.0 Å². The normalized spacial score (nSPS) is 27.8. The van der Waals surface area contributed by atoms with E-state index in [-0.39, 0.29) is 0 Å². The van der Waals surface area contributed by atoms with Crippen molar-refractivity contribution in [2.45, 2.75) is 26.2 Å². The van der Waals surface area contributed by atoms with Gasteiger partial charge in [-0.05, 0) is 38.3 Å². The predicted molar refractivity (Wildman–Crippen MR) is 51.1 cm³/mol. The quantitative estimate of drug-likeness (QED) is 0.690. The first-order chi connectivity index (χ1) is 5.77. The molecule has 1 heterocycles. The van der Waals surface area contributed by atoms with Gasteiger partial charge in [-0.2, -0.15) is 0 Å². The minimum Gasteiger partial charge on any atom is -0.396 e. The van der Waals surface area contributed by atoms with Crippen LogP contribution in [0.25, 0.3) is 0 Å². The lowest BCUT2D eigenvalue weighted by atomic mass is 9.87. The number of hydrogen-bond donors (Lipinski definition) is 1. The van der Waals surface area contributed by atoms with E-state index in [1.165, 1.54) is 25.9 Å². The number of rotatable bonds is 4. The summed E-state index contributed by atoms with van der Waals surface area (Å²) in [6.07, 6.45) is 3.54. The number of nitrogens with zero attached hydrogens (tertiary/aromatic N) is 1. The maximum absolute atomic E-state index is 8.88. The highest BCUT2D eigenvalue weighted by Crippen LogP contribution is 2.27. The summed E-state index contributed by atoms with van der Waals surface area (Å²) >= 11 is 0. The molecule has 2 nitrogen and oxygen atoms in total. The monoisotopic (exact) mass is 171 g/mol. The lowest BCUT2D eigenvalue weighted by Gasteiger charge is -2.20. The summed E-state index contributed by atoms with van der Waals surface area (Å²) in [5.74, 6) is 1.59. The molecule has 0 bridgehead atoms. The number of likely N-dealkylation sites (tertiary alicyclic amines) is 1. The van der Waals surface area contributed by atoms with Gasteiger partial charge in [0.05, 0.1) is 0 Å². The summed E-state index contributed by atoms with van der Waals surface area (Å²) in [6, 6.07) is 0. The van der Waals surface area contributed by atoms with Gasteiger partial charge in [-0.15, -0.1) is 0 Å². The topological polar surface area (TPSA) is 23.5 Å². The minimum absolute atomic E-state index is 0.360. The van der Waals surface area contributed by atoms with Crippen molar-refractivity contribution in [2.24, 2.45) is 11.8 Å². The Bertz CT molecular complexity index is 125. The molecule has 1 N–H and O–H groups in total. The SMILES string of the molecule is CCC(CCO)C1CCN(C)C1. The van der Waals surface area contributed by atoms with Gasteiger partial charge in [-0.1, -0.05) is 13.3 Å². The van der Waals surface area contributed by atoms with E-state index >= 15 is 0 Å². The van der Waals surface area contributed by atoms with Crippen LogP contribution < -0.4 is 0 Å². The Morgan fingerprint density at radius 2 is 2.33 bits per heavy atom. The lowest BCUT2D eigenvalue weighted by molar-refractivity contribution is 0.214. The molecule has 2 atom stereocenters. The maximum Gasteiger partial charge on any atom is 0.0433 e. The molecular weight excluding hydrogens is 150 g/mol. The largest absolute Gasteiger partial charge is 0.396 e. The van der Waals surface area contributed by atoms with Crippen LogP contribution in [-0.4, -0.2) is 36.8 Å². The number of hydrogen-bond acceptors (Lipinski definition) is 2. The van der Waals surface area contributed by atoms with Crippen LogP contribution in [0.3, 0.4) is 0 Å². The fraction of sp³-hybridized carbons (Fsp3) is 1.00. The summed E-state index contributed by atoms with van der Waals surface area (Å²) in [7, 11) is 2.19. The molecule has 0 aliphatic carbocycles. The molecule has 0 aromatic carbocycles. The summed E-state index contributed by atoms with van der Waals surface area (Å²) < 4.78 is 0. The zero-order chi connectivity index (χ0) is 8.97. The van der Waals surface area contributed by atoms with Gasteiger partial charge in [0.25, 0.3) is 0 Å². The Balaban J connectivity index is 2.33. The van der Waals surface area contributed by atoms with Crippen molar-refractivity contribution in [3.8, 4) is 0 Å². The first-order valence-electron chi connectivity index (χ1n) is 5.07. The van der Waals surface area contributed by atoms with Crippen molar-refractivity contribution >= 4 is 0 Å². The van der Waals surface area contributed by atoms with Gasteiger partial charge in [0, 0.05) is 13.2 Å². The number of aliphatic hydroxyl groups excluding tert-OH is 1. The summed E-state index contributed by atoms with van der Waals surface area (Å²) in [5, 5.41) is 8.88. The smallest absolute Gasteiger partial charge is 0.0433 e. The second kappa shape index (κ2) is 4.83. The third-order valence-corrected chi connectivity index (χ3v) is 3.12. The molecule has 0 aromatic rings. The van der Waals surface area contributed by atoms with Crippen LogP contribution in [0.2, 0.25) is 0 Å². The van der Waals surface area contributed by atoms with Gasteiger partial charge in [0.1, 0.15) is 0 Å². The van der Waals surface area contributed by atoms with Crippen LogP contribution in [0.4, 0.5) is 0 Å². The van der Waals surface area contributed by atoms with Crippen LogP contribution in [0, 0.1) is 11.8 Å². The Morgan fingerprint density at radius 3 is 2.75 bits per heavy atom. The Labute approximate surface area is 75.6 Å². The Hall–Kier alpha value is -0.0800. The minimum atomic E-state index is 0.360. The zero-order valence-electron chi connectivity index (χ0n) is 8.29. The third-order valence-electron chi connectivity index (χ3n) is 3.12. The van der Waals surface area contributed by atoms with E-state index < -0.39 is 0 Å². The molecule has 1 fully saturated rings. The van der Waals surface area contributed by atoms with Crippen molar-refractivity contribution in [3.05, 3.63) is 0 Å². The highest BCUT2D eigenvalue weighted by Gasteiger charge is 2.25. The molecule has 1 aliphatic rings. The second-order valence-electron chi connectivity index (χ2n) is 3.99. The zero-order valence-corrected chi connectivity index (χ0v) is 8.29. The van der Waals surface area contributed by atoms with Crippen LogP contribution in [0.1, 0.15) is 26.2 Å². The first kappa shape index (κ1) is 10.0. The van der Waals surface area contributed by atoms with Crippen LogP contribution >= 0.6 is 0 Å². The van der Waals surface area contributed by atoms with E-state index in [0.717, 1.165) is 18.3 Å². The third kappa shape index (κ3) is 2.46. The molecule has 1 rings (SSSR count). The van der Waals surface area contributed by atoms with Gasteiger partial charge in [-0.25, -0.2) is 0 Å². The molecule has 1 aliphatic heterocycles. The van der Waals surface area contributed by atoms with Crippen molar-refractivity contribution in [1.29, 1.82) is 0 Å².